The summed E-state index contributed by atoms with van der Waals surface area (Å²) in [7, 11) is 0. The minimum absolute atomic E-state index is 0.0435. The molecule has 1 aliphatic carbocycles. The number of hydrogen-bond donors (Lipinski definition) is 2. The number of nitrogens with zero attached hydrogens (tertiary/aromatic N) is 2. The Bertz CT molecular complexity index is 470. The molecule has 1 amide bonds. The summed E-state index contributed by atoms with van der Waals surface area (Å²) in [5.41, 5.74) is 6.17. The average molecular weight is 274 g/mol. The van der Waals surface area contributed by atoms with Gasteiger partial charge < -0.3 is 16.0 Å². The average Bonchev–Trinajstić information content (AvgIpc) is 2.93. The van der Waals surface area contributed by atoms with Crippen LogP contribution in [0, 0.1) is 5.41 Å². The summed E-state index contributed by atoms with van der Waals surface area (Å²) in [6.45, 7) is 2.59. The number of amides is 1. The van der Waals surface area contributed by atoms with E-state index < -0.39 is 0 Å². The molecule has 108 valence electrons. The molecular formula is C15H22N4O. The maximum Gasteiger partial charge on any atom is 0.231 e. The summed E-state index contributed by atoms with van der Waals surface area (Å²) >= 11 is 0. The van der Waals surface area contributed by atoms with Gasteiger partial charge in [-0.25, -0.2) is 4.98 Å². The molecule has 2 fully saturated rings. The molecule has 2 aliphatic rings. The highest BCUT2D eigenvalue weighted by atomic mass is 16.2. The molecule has 1 aliphatic heterocycles. The van der Waals surface area contributed by atoms with Crippen molar-refractivity contribution in [3.63, 3.8) is 0 Å². The van der Waals surface area contributed by atoms with E-state index in [1.165, 1.54) is 12.8 Å². The Morgan fingerprint density at radius 1 is 1.30 bits per heavy atom. The monoisotopic (exact) mass is 274 g/mol. The van der Waals surface area contributed by atoms with Crippen molar-refractivity contribution in [3.05, 3.63) is 18.3 Å². The summed E-state index contributed by atoms with van der Waals surface area (Å²) in [6.07, 6.45) is 7.10. The first kappa shape index (κ1) is 13.4. The van der Waals surface area contributed by atoms with Gasteiger partial charge in [0.05, 0.1) is 17.3 Å². The second-order valence-corrected chi connectivity index (χ2v) is 5.89. The number of carbonyl (C=O) groups is 1. The Morgan fingerprint density at radius 2 is 2.05 bits per heavy atom. The zero-order valence-electron chi connectivity index (χ0n) is 11.8. The van der Waals surface area contributed by atoms with Crippen LogP contribution in [0.15, 0.2) is 18.3 Å². The molecule has 1 saturated carbocycles. The number of aromatic nitrogens is 1. The zero-order valence-corrected chi connectivity index (χ0v) is 11.8. The van der Waals surface area contributed by atoms with Crippen LogP contribution in [0.5, 0.6) is 0 Å². The van der Waals surface area contributed by atoms with Crippen LogP contribution in [-0.4, -0.2) is 30.5 Å². The van der Waals surface area contributed by atoms with E-state index in [0.717, 1.165) is 43.9 Å². The lowest BCUT2D eigenvalue weighted by Gasteiger charge is -2.39. The smallest absolute Gasteiger partial charge is 0.231 e. The number of nitrogens with one attached hydrogen (secondary N) is 1. The summed E-state index contributed by atoms with van der Waals surface area (Å²) in [5, 5.41) is 2.95. The molecule has 20 heavy (non-hydrogen) atoms. The Labute approximate surface area is 119 Å². The van der Waals surface area contributed by atoms with Gasteiger partial charge in [0, 0.05) is 19.6 Å². The second kappa shape index (κ2) is 5.40. The van der Waals surface area contributed by atoms with Gasteiger partial charge in [-0.3, -0.25) is 4.79 Å². The second-order valence-electron chi connectivity index (χ2n) is 5.89. The summed E-state index contributed by atoms with van der Waals surface area (Å²) < 4.78 is 0. The lowest BCUT2D eigenvalue weighted by molar-refractivity contribution is -0.129. The molecule has 5 nitrogen and oxygen atoms in total. The van der Waals surface area contributed by atoms with Crippen molar-refractivity contribution in [2.24, 2.45) is 11.1 Å². The van der Waals surface area contributed by atoms with Gasteiger partial charge in [-0.1, -0.05) is 6.42 Å². The molecule has 0 spiro atoms. The van der Waals surface area contributed by atoms with Crippen molar-refractivity contribution in [2.75, 3.05) is 29.9 Å². The Hall–Kier alpha value is -1.62. The van der Waals surface area contributed by atoms with Crippen LogP contribution in [0.4, 0.5) is 11.5 Å². The molecule has 5 heteroatoms. The van der Waals surface area contributed by atoms with E-state index >= 15 is 0 Å². The van der Waals surface area contributed by atoms with Crippen molar-refractivity contribution in [1.29, 1.82) is 0 Å². The fraction of sp³-hybridized carbons (Fsp3) is 0.600. The molecule has 0 radical (unpaired) electrons. The maximum atomic E-state index is 12.3. The summed E-state index contributed by atoms with van der Waals surface area (Å²) in [4.78, 5) is 19.0. The van der Waals surface area contributed by atoms with Gasteiger partial charge in [0.1, 0.15) is 5.82 Å². The third kappa shape index (κ3) is 2.38. The quantitative estimate of drug-likeness (QED) is 0.877. The first-order chi connectivity index (χ1) is 9.73. The highest BCUT2D eigenvalue weighted by Crippen LogP contribution is 2.40. The third-order valence-electron chi connectivity index (χ3n) is 4.62. The minimum atomic E-state index is -0.340. The van der Waals surface area contributed by atoms with Crippen molar-refractivity contribution >= 4 is 17.4 Å². The van der Waals surface area contributed by atoms with Gasteiger partial charge in [-0.2, -0.15) is 0 Å². The SMILES string of the molecule is NCC1(C(=O)Nc2ccc(N3CCCC3)nc2)CCC1. The van der Waals surface area contributed by atoms with Crippen LogP contribution in [-0.2, 0) is 4.79 Å². The van der Waals surface area contributed by atoms with Crippen molar-refractivity contribution < 1.29 is 4.79 Å². The molecule has 0 atom stereocenters. The lowest BCUT2D eigenvalue weighted by atomic mass is 9.68. The van der Waals surface area contributed by atoms with Crippen LogP contribution in [0.1, 0.15) is 32.1 Å². The predicted octanol–water partition coefficient (Wildman–Crippen LogP) is 1.75. The molecule has 1 aromatic rings. The first-order valence-corrected chi connectivity index (χ1v) is 7.46. The van der Waals surface area contributed by atoms with E-state index in [-0.39, 0.29) is 11.3 Å². The number of anilines is 2. The Morgan fingerprint density at radius 3 is 2.55 bits per heavy atom. The molecule has 1 saturated heterocycles. The summed E-state index contributed by atoms with van der Waals surface area (Å²) in [5.74, 6) is 1.04. The van der Waals surface area contributed by atoms with Gasteiger partial charge in [-0.15, -0.1) is 0 Å². The first-order valence-electron chi connectivity index (χ1n) is 7.46. The maximum absolute atomic E-state index is 12.3. The number of carbonyl (C=O) groups excluding carboxylic acids is 1. The van der Waals surface area contributed by atoms with Crippen LogP contribution in [0.3, 0.4) is 0 Å². The standard InChI is InChI=1S/C15H22N4O/c16-11-15(6-3-7-15)14(20)18-12-4-5-13(17-10-12)19-8-1-2-9-19/h4-5,10H,1-3,6-9,11,16H2,(H,18,20). The van der Waals surface area contributed by atoms with Crippen molar-refractivity contribution in [3.8, 4) is 0 Å². The molecular weight excluding hydrogens is 252 g/mol. The number of nitrogens with two attached hydrogens (primary N) is 1. The molecule has 3 N–H and O–H groups in total. The van der Waals surface area contributed by atoms with Gasteiger partial charge in [-0.05, 0) is 37.8 Å². The van der Waals surface area contributed by atoms with E-state index in [2.05, 4.69) is 15.2 Å². The number of pyridine rings is 1. The van der Waals surface area contributed by atoms with Gasteiger partial charge in [0.15, 0.2) is 0 Å². The van der Waals surface area contributed by atoms with Gasteiger partial charge in [0.25, 0.3) is 0 Å². The predicted molar refractivity (Wildman–Crippen MR) is 79.7 cm³/mol. The fourth-order valence-corrected chi connectivity index (χ4v) is 2.98. The number of rotatable bonds is 4. The van der Waals surface area contributed by atoms with Gasteiger partial charge in [0.2, 0.25) is 5.91 Å². The van der Waals surface area contributed by atoms with E-state index in [4.69, 9.17) is 5.73 Å². The van der Waals surface area contributed by atoms with Crippen molar-refractivity contribution in [2.45, 2.75) is 32.1 Å². The Balaban J connectivity index is 1.64. The largest absolute Gasteiger partial charge is 0.357 e. The van der Waals surface area contributed by atoms with E-state index in [1.807, 2.05) is 12.1 Å². The fourth-order valence-electron chi connectivity index (χ4n) is 2.98. The highest BCUT2D eigenvalue weighted by molar-refractivity contribution is 5.96. The lowest BCUT2D eigenvalue weighted by Crippen LogP contribution is -2.47. The Kier molecular flexibility index (Phi) is 3.61. The van der Waals surface area contributed by atoms with E-state index in [9.17, 15) is 4.79 Å². The minimum Gasteiger partial charge on any atom is -0.357 e. The normalized spacial score (nSPS) is 20.6. The topological polar surface area (TPSA) is 71.2 Å². The van der Waals surface area contributed by atoms with Gasteiger partial charge >= 0.3 is 0 Å². The van der Waals surface area contributed by atoms with E-state index in [1.54, 1.807) is 6.20 Å². The molecule has 0 bridgehead atoms. The zero-order chi connectivity index (χ0) is 14.0. The molecule has 1 aromatic heterocycles. The molecule has 0 unspecified atom stereocenters. The molecule has 3 rings (SSSR count). The van der Waals surface area contributed by atoms with Crippen LogP contribution in [0.2, 0.25) is 0 Å². The van der Waals surface area contributed by atoms with Crippen LogP contribution < -0.4 is 16.0 Å². The van der Waals surface area contributed by atoms with Crippen LogP contribution >= 0.6 is 0 Å². The summed E-state index contributed by atoms with van der Waals surface area (Å²) in [6, 6.07) is 3.91. The third-order valence-corrected chi connectivity index (χ3v) is 4.62. The van der Waals surface area contributed by atoms with Crippen molar-refractivity contribution in [1.82, 2.24) is 4.98 Å². The highest BCUT2D eigenvalue weighted by Gasteiger charge is 2.42. The van der Waals surface area contributed by atoms with Crippen LogP contribution in [0.25, 0.3) is 0 Å². The molecule has 2 heterocycles. The number of hydrogen-bond acceptors (Lipinski definition) is 4. The van der Waals surface area contributed by atoms with E-state index in [0.29, 0.717) is 6.54 Å². The molecule has 0 aromatic carbocycles.